The molecule has 0 amide bonds. The molecule has 2 aromatic carbocycles. The maximum Gasteiger partial charge on any atom is 0.255 e. The van der Waals surface area contributed by atoms with Gasteiger partial charge in [-0.15, -0.1) is 0 Å². The molecule has 24 heavy (non-hydrogen) atoms. The fourth-order valence-electron chi connectivity index (χ4n) is 3.10. The molecule has 0 heterocycles. The van der Waals surface area contributed by atoms with E-state index in [9.17, 15) is 10.1 Å². The van der Waals surface area contributed by atoms with Crippen molar-refractivity contribution in [1.29, 1.82) is 0 Å². The van der Waals surface area contributed by atoms with Crippen LogP contribution in [0.1, 0.15) is 53.2 Å². The lowest BCUT2D eigenvalue weighted by Gasteiger charge is -2.36. The van der Waals surface area contributed by atoms with Gasteiger partial charge in [0.05, 0.1) is 6.61 Å². The van der Waals surface area contributed by atoms with Crippen LogP contribution in [0.4, 0.5) is 0 Å². The highest BCUT2D eigenvalue weighted by molar-refractivity contribution is 6.31. The largest absolute Gasteiger partial charge is 0.340 e. The highest BCUT2D eigenvalue weighted by Crippen LogP contribution is 2.43. The summed E-state index contributed by atoms with van der Waals surface area (Å²) < 4.78 is 6.00. The molecule has 0 aromatic heterocycles. The number of ketones is 1. The van der Waals surface area contributed by atoms with E-state index >= 15 is 0 Å². The Morgan fingerprint density at radius 1 is 1.08 bits per heavy atom. The van der Waals surface area contributed by atoms with Crippen LogP contribution in [0.25, 0.3) is 0 Å². The van der Waals surface area contributed by atoms with Crippen LogP contribution < -0.4 is 0 Å². The van der Waals surface area contributed by atoms with Gasteiger partial charge in [0, 0.05) is 27.3 Å². The number of carbonyl (C=O) groups excluding carboxylic acids is 1. The van der Waals surface area contributed by atoms with Crippen LogP contribution in [0.3, 0.4) is 0 Å². The Morgan fingerprint density at radius 3 is 2.58 bits per heavy atom. The van der Waals surface area contributed by atoms with Gasteiger partial charge in [0.15, 0.2) is 5.78 Å². The molecular formula is C19H19ClO4. The normalized spacial score (nSPS) is 19.0. The van der Waals surface area contributed by atoms with Gasteiger partial charge in [-0.3, -0.25) is 4.79 Å². The minimum atomic E-state index is -1.52. The van der Waals surface area contributed by atoms with E-state index in [1.54, 1.807) is 42.5 Å². The van der Waals surface area contributed by atoms with E-state index in [0.717, 1.165) is 19.3 Å². The summed E-state index contributed by atoms with van der Waals surface area (Å²) in [6.07, 6.45) is 2.90. The molecular weight excluding hydrogens is 328 g/mol. The summed E-state index contributed by atoms with van der Waals surface area (Å²) in [7, 11) is 0. The van der Waals surface area contributed by atoms with Gasteiger partial charge in [-0.05, 0) is 18.6 Å². The van der Waals surface area contributed by atoms with Gasteiger partial charge in [-0.2, -0.15) is 4.89 Å². The molecule has 0 radical (unpaired) electrons. The summed E-state index contributed by atoms with van der Waals surface area (Å²) >= 11 is 6.05. The molecule has 0 saturated carbocycles. The van der Waals surface area contributed by atoms with Crippen LogP contribution in [0.2, 0.25) is 5.02 Å². The molecule has 3 rings (SSSR count). The van der Waals surface area contributed by atoms with Gasteiger partial charge < -0.3 is 4.74 Å². The first kappa shape index (κ1) is 17.1. The van der Waals surface area contributed by atoms with E-state index in [1.165, 1.54) is 0 Å². The van der Waals surface area contributed by atoms with Crippen LogP contribution in [0.5, 0.6) is 0 Å². The summed E-state index contributed by atoms with van der Waals surface area (Å²) in [5.74, 6) is -1.68. The maximum atomic E-state index is 12.8. The highest BCUT2D eigenvalue weighted by atomic mass is 35.5. The molecule has 4 nitrogen and oxygen atoms in total. The molecule has 1 atom stereocenters. The second kappa shape index (κ2) is 7.03. The maximum absolute atomic E-state index is 12.8. The van der Waals surface area contributed by atoms with E-state index in [1.807, 2.05) is 0 Å². The summed E-state index contributed by atoms with van der Waals surface area (Å²) in [4.78, 5) is 17.7. The fourth-order valence-corrected chi connectivity index (χ4v) is 3.27. The Hall–Kier alpha value is -1.72. The van der Waals surface area contributed by atoms with Crippen molar-refractivity contribution in [3.05, 3.63) is 69.7 Å². The Balaban J connectivity index is 2.13. The summed E-state index contributed by atoms with van der Waals surface area (Å²) in [6, 6.07) is 11.9. The Labute approximate surface area is 145 Å². The highest BCUT2D eigenvalue weighted by Gasteiger charge is 2.46. The summed E-state index contributed by atoms with van der Waals surface area (Å²) in [5.41, 5.74) is 1.79. The van der Waals surface area contributed by atoms with Gasteiger partial charge in [0.2, 0.25) is 0 Å². The summed E-state index contributed by atoms with van der Waals surface area (Å²) in [6.45, 7) is 2.50. The van der Waals surface area contributed by atoms with Crippen molar-refractivity contribution in [3.63, 3.8) is 0 Å². The topological polar surface area (TPSA) is 55.8 Å². The molecule has 1 aliphatic carbocycles. The van der Waals surface area contributed by atoms with E-state index in [2.05, 4.69) is 6.92 Å². The predicted octanol–water partition coefficient (Wildman–Crippen LogP) is 4.78. The van der Waals surface area contributed by atoms with Crippen LogP contribution >= 0.6 is 11.6 Å². The van der Waals surface area contributed by atoms with Gasteiger partial charge in [0.1, 0.15) is 0 Å². The van der Waals surface area contributed by atoms with Gasteiger partial charge in [0.25, 0.3) is 5.79 Å². The van der Waals surface area contributed by atoms with Crippen LogP contribution in [-0.2, 0) is 15.4 Å². The van der Waals surface area contributed by atoms with E-state index in [4.69, 9.17) is 21.2 Å². The molecule has 0 saturated heterocycles. The van der Waals surface area contributed by atoms with Crippen LogP contribution in [0.15, 0.2) is 42.5 Å². The SMILES string of the molecule is CCCCCOC1(OO)c2ccccc2C(=O)c2cc(Cl)ccc21. The summed E-state index contributed by atoms with van der Waals surface area (Å²) in [5, 5.41) is 10.2. The lowest BCUT2D eigenvalue weighted by atomic mass is 9.80. The average Bonchev–Trinajstić information content (AvgIpc) is 2.61. The molecule has 0 fully saturated rings. The number of benzene rings is 2. The number of ether oxygens (including phenoxy) is 1. The first-order chi connectivity index (χ1) is 11.6. The van der Waals surface area contributed by atoms with Crippen molar-refractivity contribution >= 4 is 17.4 Å². The zero-order chi connectivity index (χ0) is 17.2. The minimum Gasteiger partial charge on any atom is -0.340 e. The first-order valence-corrected chi connectivity index (χ1v) is 8.42. The number of hydrogen-bond acceptors (Lipinski definition) is 4. The molecule has 0 bridgehead atoms. The van der Waals surface area contributed by atoms with Crippen molar-refractivity contribution in [3.8, 4) is 0 Å². The molecule has 0 spiro atoms. The number of fused-ring (bicyclic) bond motifs is 2. The third kappa shape index (κ3) is 2.76. The van der Waals surface area contributed by atoms with Gasteiger partial charge >= 0.3 is 0 Å². The number of carbonyl (C=O) groups is 1. The van der Waals surface area contributed by atoms with Crippen molar-refractivity contribution in [2.24, 2.45) is 0 Å². The minimum absolute atomic E-state index is 0.159. The first-order valence-electron chi connectivity index (χ1n) is 8.05. The van der Waals surface area contributed by atoms with Crippen molar-refractivity contribution < 1.29 is 19.7 Å². The molecule has 1 N–H and O–H groups in total. The Kier molecular flexibility index (Phi) is 5.01. The third-order valence-electron chi connectivity index (χ3n) is 4.29. The van der Waals surface area contributed by atoms with Gasteiger partial charge in [-0.1, -0.05) is 61.7 Å². The quantitative estimate of drug-likeness (QED) is 0.354. The fraction of sp³-hybridized carbons (Fsp3) is 0.316. The number of halogens is 1. The molecule has 5 heteroatoms. The van der Waals surface area contributed by atoms with Crippen LogP contribution in [-0.4, -0.2) is 17.6 Å². The zero-order valence-corrected chi connectivity index (χ0v) is 14.2. The predicted molar refractivity (Wildman–Crippen MR) is 91.3 cm³/mol. The second-order valence-corrected chi connectivity index (χ2v) is 6.26. The molecule has 1 unspecified atom stereocenters. The van der Waals surface area contributed by atoms with Crippen molar-refractivity contribution in [1.82, 2.24) is 0 Å². The van der Waals surface area contributed by atoms with Crippen molar-refractivity contribution in [2.45, 2.75) is 32.0 Å². The lowest BCUT2D eigenvalue weighted by Crippen LogP contribution is -2.40. The van der Waals surface area contributed by atoms with E-state index in [0.29, 0.717) is 33.9 Å². The number of rotatable bonds is 6. The third-order valence-corrected chi connectivity index (χ3v) is 4.52. The number of hydrogen-bond donors (Lipinski definition) is 1. The lowest BCUT2D eigenvalue weighted by molar-refractivity contribution is -0.396. The smallest absolute Gasteiger partial charge is 0.255 e. The van der Waals surface area contributed by atoms with E-state index < -0.39 is 5.79 Å². The molecule has 2 aromatic rings. The molecule has 126 valence electrons. The van der Waals surface area contributed by atoms with Crippen molar-refractivity contribution in [2.75, 3.05) is 6.61 Å². The monoisotopic (exact) mass is 346 g/mol. The average molecular weight is 347 g/mol. The second-order valence-electron chi connectivity index (χ2n) is 5.83. The van der Waals surface area contributed by atoms with E-state index in [-0.39, 0.29) is 5.78 Å². The number of unbranched alkanes of at least 4 members (excludes halogenated alkanes) is 2. The standard InChI is InChI=1S/C19H19ClO4/c1-2-3-6-11-23-19(24-22)16-8-5-4-7-14(16)18(21)15-12-13(20)9-10-17(15)19/h4-5,7-10,12,22H,2-3,6,11H2,1H3. The Bertz CT molecular complexity index is 759. The molecule has 0 aliphatic heterocycles. The Morgan fingerprint density at radius 2 is 1.83 bits per heavy atom. The van der Waals surface area contributed by atoms with Crippen LogP contribution in [0, 0.1) is 0 Å². The zero-order valence-electron chi connectivity index (χ0n) is 13.4. The molecule has 1 aliphatic rings. The van der Waals surface area contributed by atoms with Gasteiger partial charge in [-0.25, -0.2) is 5.26 Å².